The van der Waals surface area contributed by atoms with Gasteiger partial charge in [-0.05, 0) is 30.9 Å². The molecule has 0 atom stereocenters. The van der Waals surface area contributed by atoms with Crippen molar-refractivity contribution in [2.75, 3.05) is 13.2 Å². The fourth-order valence-corrected chi connectivity index (χ4v) is 2.23. The molecule has 2 heterocycles. The van der Waals surface area contributed by atoms with E-state index in [1.807, 2.05) is 6.07 Å². The van der Waals surface area contributed by atoms with Crippen molar-refractivity contribution < 1.29 is 4.74 Å². The zero-order chi connectivity index (χ0) is 12.3. The van der Waals surface area contributed by atoms with Crippen molar-refractivity contribution in [1.29, 1.82) is 0 Å². The Kier molecular flexibility index (Phi) is 3.91. The molecule has 0 aromatic carbocycles. The maximum atomic E-state index is 12.0. The van der Waals surface area contributed by atoms with E-state index in [1.165, 1.54) is 0 Å². The maximum Gasteiger partial charge on any atom is 0.260 e. The molecule has 0 aliphatic carbocycles. The van der Waals surface area contributed by atoms with E-state index in [2.05, 4.69) is 0 Å². The summed E-state index contributed by atoms with van der Waals surface area (Å²) in [5.41, 5.74) is 5.85. The van der Waals surface area contributed by atoms with E-state index >= 15 is 0 Å². The van der Waals surface area contributed by atoms with Crippen LogP contribution in [0.25, 0.3) is 0 Å². The first-order valence-electron chi connectivity index (χ1n) is 5.75. The molecule has 0 saturated carbocycles. The molecule has 0 radical (unpaired) electrons. The minimum Gasteiger partial charge on any atom is -0.389 e. The first kappa shape index (κ1) is 12.3. The van der Waals surface area contributed by atoms with E-state index in [0.717, 1.165) is 32.6 Å². The van der Waals surface area contributed by atoms with Crippen LogP contribution in [0.3, 0.4) is 0 Å². The third-order valence-electron chi connectivity index (χ3n) is 3.08. The smallest absolute Gasteiger partial charge is 0.260 e. The summed E-state index contributed by atoms with van der Waals surface area (Å²) < 4.78 is 7.00. The van der Waals surface area contributed by atoms with Gasteiger partial charge in [0, 0.05) is 26.0 Å². The molecular formula is C12H16N2O2S. The summed E-state index contributed by atoms with van der Waals surface area (Å²) in [7, 11) is 0. The molecule has 4 nitrogen and oxygen atoms in total. The maximum absolute atomic E-state index is 12.0. The van der Waals surface area contributed by atoms with Crippen LogP contribution in [0, 0.1) is 5.92 Å². The summed E-state index contributed by atoms with van der Waals surface area (Å²) in [6, 6.07) is 3.49. The Bertz CT molecular complexity index is 464. The van der Waals surface area contributed by atoms with Crippen LogP contribution in [-0.2, 0) is 11.3 Å². The molecule has 2 rings (SSSR count). The number of nitrogens with two attached hydrogens (primary N) is 1. The van der Waals surface area contributed by atoms with Gasteiger partial charge in [-0.15, -0.1) is 0 Å². The summed E-state index contributed by atoms with van der Waals surface area (Å²) in [5, 5.41) is 0. The molecule has 2 N–H and O–H groups in total. The zero-order valence-corrected chi connectivity index (χ0v) is 10.4. The monoisotopic (exact) mass is 252 g/mol. The van der Waals surface area contributed by atoms with Crippen LogP contribution >= 0.6 is 12.2 Å². The number of hydrogen-bond donors (Lipinski definition) is 1. The van der Waals surface area contributed by atoms with Crippen LogP contribution in [0.4, 0.5) is 0 Å². The van der Waals surface area contributed by atoms with Crippen molar-refractivity contribution in [2.24, 2.45) is 11.7 Å². The lowest BCUT2D eigenvalue weighted by molar-refractivity contribution is 0.0609. The molecule has 0 spiro atoms. The SMILES string of the molecule is NC(=S)c1cccn(CC2CCOCC2)c1=O. The topological polar surface area (TPSA) is 57.2 Å². The molecule has 0 amide bonds. The highest BCUT2D eigenvalue weighted by Gasteiger charge is 2.15. The first-order valence-corrected chi connectivity index (χ1v) is 6.16. The summed E-state index contributed by atoms with van der Waals surface area (Å²) in [6.45, 7) is 2.29. The third kappa shape index (κ3) is 2.92. The van der Waals surface area contributed by atoms with Crippen LogP contribution in [0.2, 0.25) is 0 Å². The third-order valence-corrected chi connectivity index (χ3v) is 3.30. The van der Waals surface area contributed by atoms with Gasteiger partial charge in [0.25, 0.3) is 5.56 Å². The molecule has 0 unspecified atom stereocenters. The van der Waals surface area contributed by atoms with Crippen LogP contribution in [0.5, 0.6) is 0 Å². The van der Waals surface area contributed by atoms with Crippen LogP contribution in [-0.4, -0.2) is 22.8 Å². The fraction of sp³-hybridized carbons (Fsp3) is 0.500. The molecule has 1 saturated heterocycles. The molecule has 1 aliphatic rings. The van der Waals surface area contributed by atoms with Gasteiger partial charge in [-0.25, -0.2) is 0 Å². The highest BCUT2D eigenvalue weighted by Crippen LogP contribution is 2.15. The Morgan fingerprint density at radius 2 is 2.24 bits per heavy atom. The van der Waals surface area contributed by atoms with Gasteiger partial charge in [0.05, 0.1) is 5.56 Å². The van der Waals surface area contributed by atoms with Crippen LogP contribution in [0.1, 0.15) is 18.4 Å². The van der Waals surface area contributed by atoms with Crippen molar-refractivity contribution in [3.05, 3.63) is 34.2 Å². The Labute approximate surface area is 105 Å². The van der Waals surface area contributed by atoms with Gasteiger partial charge in [0.2, 0.25) is 0 Å². The normalized spacial score (nSPS) is 16.9. The lowest BCUT2D eigenvalue weighted by atomic mass is 10.0. The molecule has 0 bridgehead atoms. The average molecular weight is 252 g/mol. The zero-order valence-electron chi connectivity index (χ0n) is 9.59. The number of thiocarbonyl (C=S) groups is 1. The van der Waals surface area contributed by atoms with Gasteiger partial charge in [-0.1, -0.05) is 12.2 Å². The number of hydrogen-bond acceptors (Lipinski definition) is 3. The molecule has 1 fully saturated rings. The second-order valence-electron chi connectivity index (χ2n) is 4.30. The van der Waals surface area contributed by atoms with E-state index in [4.69, 9.17) is 22.7 Å². The standard InChI is InChI=1S/C12H16N2O2S/c13-11(17)10-2-1-5-14(12(10)15)8-9-3-6-16-7-4-9/h1-2,5,9H,3-4,6-8H2,(H2,13,17). The minimum absolute atomic E-state index is 0.0912. The number of pyridine rings is 1. The Balaban J connectivity index is 2.18. The van der Waals surface area contributed by atoms with Gasteiger partial charge in [-0.2, -0.15) is 0 Å². The van der Waals surface area contributed by atoms with Gasteiger partial charge in [-0.3, -0.25) is 4.79 Å². The summed E-state index contributed by atoms with van der Waals surface area (Å²) in [6.07, 6.45) is 3.80. The average Bonchev–Trinajstić information content (AvgIpc) is 2.33. The molecular weight excluding hydrogens is 236 g/mol. The van der Waals surface area contributed by atoms with E-state index in [-0.39, 0.29) is 10.5 Å². The quantitative estimate of drug-likeness (QED) is 0.812. The number of nitrogens with zero attached hydrogens (tertiary/aromatic N) is 1. The molecule has 1 aromatic rings. The van der Waals surface area contributed by atoms with E-state index in [0.29, 0.717) is 11.5 Å². The molecule has 1 aromatic heterocycles. The molecule has 5 heteroatoms. The summed E-state index contributed by atoms with van der Waals surface area (Å²) in [4.78, 5) is 12.2. The van der Waals surface area contributed by atoms with Crippen molar-refractivity contribution in [2.45, 2.75) is 19.4 Å². The van der Waals surface area contributed by atoms with Gasteiger partial charge in [0.1, 0.15) is 4.99 Å². The summed E-state index contributed by atoms with van der Waals surface area (Å²) in [5.74, 6) is 0.503. The Morgan fingerprint density at radius 1 is 1.53 bits per heavy atom. The Hall–Kier alpha value is -1.20. The largest absolute Gasteiger partial charge is 0.389 e. The number of ether oxygens (including phenoxy) is 1. The van der Waals surface area contributed by atoms with Gasteiger partial charge >= 0.3 is 0 Å². The minimum atomic E-state index is -0.0912. The molecule has 17 heavy (non-hydrogen) atoms. The second-order valence-corrected chi connectivity index (χ2v) is 4.74. The Morgan fingerprint density at radius 3 is 2.88 bits per heavy atom. The number of rotatable bonds is 3. The van der Waals surface area contributed by atoms with Crippen LogP contribution < -0.4 is 11.3 Å². The summed E-state index contributed by atoms with van der Waals surface area (Å²) >= 11 is 4.86. The van der Waals surface area contributed by atoms with E-state index in [9.17, 15) is 4.79 Å². The van der Waals surface area contributed by atoms with E-state index in [1.54, 1.807) is 16.8 Å². The molecule has 92 valence electrons. The predicted octanol–water partition coefficient (Wildman–Crippen LogP) is 0.909. The fourth-order valence-electron chi connectivity index (χ4n) is 2.08. The highest BCUT2D eigenvalue weighted by molar-refractivity contribution is 7.80. The van der Waals surface area contributed by atoms with Crippen LogP contribution in [0.15, 0.2) is 23.1 Å². The van der Waals surface area contributed by atoms with Crippen molar-refractivity contribution >= 4 is 17.2 Å². The number of aromatic nitrogens is 1. The first-order chi connectivity index (χ1) is 8.18. The lowest BCUT2D eigenvalue weighted by Crippen LogP contribution is -2.31. The van der Waals surface area contributed by atoms with Crippen molar-refractivity contribution in [3.8, 4) is 0 Å². The van der Waals surface area contributed by atoms with Gasteiger partial charge < -0.3 is 15.0 Å². The highest BCUT2D eigenvalue weighted by atomic mass is 32.1. The van der Waals surface area contributed by atoms with Crippen molar-refractivity contribution in [3.63, 3.8) is 0 Å². The van der Waals surface area contributed by atoms with E-state index < -0.39 is 0 Å². The predicted molar refractivity (Wildman–Crippen MR) is 70.1 cm³/mol. The lowest BCUT2D eigenvalue weighted by Gasteiger charge is -2.22. The van der Waals surface area contributed by atoms with Crippen molar-refractivity contribution in [1.82, 2.24) is 4.57 Å². The molecule has 1 aliphatic heterocycles. The van der Waals surface area contributed by atoms with Gasteiger partial charge in [0.15, 0.2) is 0 Å². The second kappa shape index (κ2) is 5.42.